The van der Waals surface area contributed by atoms with Crippen molar-refractivity contribution in [3.8, 4) is 11.5 Å². The van der Waals surface area contributed by atoms with Crippen LogP contribution in [0.1, 0.15) is 19.4 Å². The number of aromatic hydroxyl groups is 1. The topological polar surface area (TPSA) is 41.5 Å². The average Bonchev–Trinajstić information content (AvgIpc) is 2.36. The molecule has 2 N–H and O–H groups in total. The summed E-state index contributed by atoms with van der Waals surface area (Å²) < 4.78 is 18.7. The van der Waals surface area contributed by atoms with Gasteiger partial charge in [0, 0.05) is 18.3 Å². The summed E-state index contributed by atoms with van der Waals surface area (Å²) in [6, 6.07) is 11.6. The minimum absolute atomic E-state index is 0.0671. The van der Waals surface area contributed by atoms with E-state index in [0.717, 1.165) is 17.5 Å². The van der Waals surface area contributed by atoms with Gasteiger partial charge in [-0.1, -0.05) is 0 Å². The molecule has 0 saturated heterocycles. The molecule has 3 nitrogen and oxygen atoms in total. The molecule has 4 heteroatoms. The van der Waals surface area contributed by atoms with Gasteiger partial charge in [-0.2, -0.15) is 0 Å². The van der Waals surface area contributed by atoms with E-state index in [1.54, 1.807) is 0 Å². The molecule has 106 valence electrons. The molecule has 0 atom stereocenters. The maximum atomic E-state index is 13.1. The standard InChI is InChI=1S/C16H18FNO2/c1-11(2)20-16-5-3-14(4-6-16)18-10-12-7-13(17)9-15(19)8-12/h3-9,11,18-19H,10H2,1-2H3. The van der Waals surface area contributed by atoms with Gasteiger partial charge in [-0.3, -0.25) is 0 Å². The molecule has 0 unspecified atom stereocenters. The van der Waals surface area contributed by atoms with E-state index in [1.165, 1.54) is 12.1 Å². The zero-order valence-corrected chi connectivity index (χ0v) is 11.6. The molecule has 0 aliphatic heterocycles. The van der Waals surface area contributed by atoms with Gasteiger partial charge in [0.15, 0.2) is 0 Å². The van der Waals surface area contributed by atoms with Crippen LogP contribution < -0.4 is 10.1 Å². The van der Waals surface area contributed by atoms with E-state index in [1.807, 2.05) is 38.1 Å². The number of hydrogen-bond acceptors (Lipinski definition) is 3. The zero-order chi connectivity index (χ0) is 14.5. The molecule has 0 bridgehead atoms. The number of rotatable bonds is 5. The third-order valence-electron chi connectivity index (χ3n) is 2.67. The molecule has 0 aromatic heterocycles. The fourth-order valence-electron chi connectivity index (χ4n) is 1.86. The largest absolute Gasteiger partial charge is 0.508 e. The highest BCUT2D eigenvalue weighted by atomic mass is 19.1. The quantitative estimate of drug-likeness (QED) is 0.868. The van der Waals surface area contributed by atoms with Gasteiger partial charge in [0.05, 0.1) is 6.10 Å². The number of phenols is 1. The maximum Gasteiger partial charge on any atom is 0.127 e. The molecule has 0 saturated carbocycles. The van der Waals surface area contributed by atoms with E-state index in [9.17, 15) is 9.50 Å². The van der Waals surface area contributed by atoms with E-state index in [4.69, 9.17) is 4.74 Å². The third-order valence-corrected chi connectivity index (χ3v) is 2.67. The number of anilines is 1. The molecule has 0 amide bonds. The van der Waals surface area contributed by atoms with Crippen LogP contribution >= 0.6 is 0 Å². The lowest BCUT2D eigenvalue weighted by molar-refractivity contribution is 0.242. The van der Waals surface area contributed by atoms with Crippen LogP contribution in [0.5, 0.6) is 11.5 Å². The van der Waals surface area contributed by atoms with Crippen LogP contribution in [0.4, 0.5) is 10.1 Å². The first kappa shape index (κ1) is 14.2. The molecule has 2 rings (SSSR count). The van der Waals surface area contributed by atoms with Crippen LogP contribution in [0.25, 0.3) is 0 Å². The van der Waals surface area contributed by atoms with E-state index in [-0.39, 0.29) is 11.9 Å². The lowest BCUT2D eigenvalue weighted by Gasteiger charge is -2.11. The van der Waals surface area contributed by atoms with Crippen molar-refractivity contribution < 1.29 is 14.2 Å². The summed E-state index contributed by atoms with van der Waals surface area (Å²) in [6.07, 6.45) is 0.143. The van der Waals surface area contributed by atoms with Crippen molar-refractivity contribution in [1.82, 2.24) is 0 Å². The van der Waals surface area contributed by atoms with Gasteiger partial charge >= 0.3 is 0 Å². The first-order valence-corrected chi connectivity index (χ1v) is 6.52. The highest BCUT2D eigenvalue weighted by molar-refractivity contribution is 5.47. The number of phenolic OH excluding ortho intramolecular Hbond substituents is 1. The predicted molar refractivity (Wildman–Crippen MR) is 77.6 cm³/mol. The van der Waals surface area contributed by atoms with E-state index in [2.05, 4.69) is 5.32 Å². The zero-order valence-electron chi connectivity index (χ0n) is 11.6. The van der Waals surface area contributed by atoms with Crippen LogP contribution in [-0.4, -0.2) is 11.2 Å². The smallest absolute Gasteiger partial charge is 0.127 e. The van der Waals surface area contributed by atoms with E-state index >= 15 is 0 Å². The van der Waals surface area contributed by atoms with Gasteiger partial charge in [0.2, 0.25) is 0 Å². The van der Waals surface area contributed by atoms with Gasteiger partial charge in [0.25, 0.3) is 0 Å². The number of nitrogens with one attached hydrogen (secondary N) is 1. The van der Waals surface area contributed by atoms with Crippen molar-refractivity contribution in [3.05, 3.63) is 53.8 Å². The summed E-state index contributed by atoms with van der Waals surface area (Å²) in [5.74, 6) is 0.305. The fourth-order valence-corrected chi connectivity index (χ4v) is 1.86. The number of hydrogen-bond donors (Lipinski definition) is 2. The van der Waals surface area contributed by atoms with Gasteiger partial charge < -0.3 is 15.2 Å². The first-order valence-electron chi connectivity index (χ1n) is 6.52. The van der Waals surface area contributed by atoms with Crippen LogP contribution in [0.2, 0.25) is 0 Å². The van der Waals surface area contributed by atoms with E-state index < -0.39 is 5.82 Å². The number of benzene rings is 2. The summed E-state index contributed by atoms with van der Waals surface area (Å²) in [5.41, 5.74) is 1.59. The van der Waals surface area contributed by atoms with Gasteiger partial charge in [-0.15, -0.1) is 0 Å². The first-order chi connectivity index (χ1) is 9.52. The molecule has 2 aromatic rings. The SMILES string of the molecule is CC(C)Oc1ccc(NCc2cc(O)cc(F)c2)cc1. The Morgan fingerprint density at radius 2 is 1.85 bits per heavy atom. The van der Waals surface area contributed by atoms with Crippen molar-refractivity contribution in [2.75, 3.05) is 5.32 Å². The van der Waals surface area contributed by atoms with Gasteiger partial charge in [0.1, 0.15) is 17.3 Å². The molecule has 20 heavy (non-hydrogen) atoms. The lowest BCUT2D eigenvalue weighted by atomic mass is 10.2. The Balaban J connectivity index is 1.96. The molecule has 2 aromatic carbocycles. The highest BCUT2D eigenvalue weighted by Crippen LogP contribution is 2.19. The summed E-state index contributed by atoms with van der Waals surface area (Å²) in [4.78, 5) is 0. The van der Waals surface area contributed by atoms with Crippen molar-refractivity contribution in [2.24, 2.45) is 0 Å². The number of ether oxygens (including phenoxy) is 1. The summed E-state index contributed by atoms with van der Waals surface area (Å²) >= 11 is 0. The molecule has 0 radical (unpaired) electrons. The molecule has 0 aliphatic rings. The molecule has 0 spiro atoms. The lowest BCUT2D eigenvalue weighted by Crippen LogP contribution is -2.05. The monoisotopic (exact) mass is 275 g/mol. The van der Waals surface area contributed by atoms with Crippen molar-refractivity contribution in [2.45, 2.75) is 26.5 Å². The predicted octanol–water partition coefficient (Wildman–Crippen LogP) is 3.93. The fraction of sp³-hybridized carbons (Fsp3) is 0.250. The second kappa shape index (κ2) is 6.28. The third kappa shape index (κ3) is 4.16. The van der Waals surface area contributed by atoms with Gasteiger partial charge in [-0.25, -0.2) is 4.39 Å². The Labute approximate surface area is 118 Å². The van der Waals surface area contributed by atoms with Crippen molar-refractivity contribution >= 4 is 5.69 Å². The Kier molecular flexibility index (Phi) is 4.45. The Morgan fingerprint density at radius 1 is 1.15 bits per heavy atom. The second-order valence-electron chi connectivity index (χ2n) is 4.86. The molecule has 0 aliphatic carbocycles. The minimum atomic E-state index is -0.442. The maximum absolute atomic E-state index is 13.1. The van der Waals surface area contributed by atoms with Crippen LogP contribution in [0.3, 0.4) is 0 Å². The van der Waals surface area contributed by atoms with Crippen LogP contribution in [0.15, 0.2) is 42.5 Å². The normalized spacial score (nSPS) is 10.6. The molecular weight excluding hydrogens is 257 g/mol. The summed E-state index contributed by atoms with van der Waals surface area (Å²) in [7, 11) is 0. The molecule has 0 fully saturated rings. The molecule has 0 heterocycles. The van der Waals surface area contributed by atoms with Crippen LogP contribution in [-0.2, 0) is 6.54 Å². The van der Waals surface area contributed by atoms with Crippen LogP contribution in [0, 0.1) is 5.82 Å². The summed E-state index contributed by atoms with van der Waals surface area (Å²) in [5, 5.41) is 12.5. The highest BCUT2D eigenvalue weighted by Gasteiger charge is 2.01. The molecular formula is C16H18FNO2. The Hall–Kier alpha value is -2.23. The minimum Gasteiger partial charge on any atom is -0.508 e. The van der Waals surface area contributed by atoms with Crippen molar-refractivity contribution in [1.29, 1.82) is 0 Å². The van der Waals surface area contributed by atoms with Gasteiger partial charge in [-0.05, 0) is 55.8 Å². The van der Waals surface area contributed by atoms with Crippen molar-refractivity contribution in [3.63, 3.8) is 0 Å². The Morgan fingerprint density at radius 3 is 2.45 bits per heavy atom. The average molecular weight is 275 g/mol. The van der Waals surface area contributed by atoms with E-state index in [0.29, 0.717) is 12.1 Å². The number of halogens is 1. The second-order valence-corrected chi connectivity index (χ2v) is 4.86. The Bertz CT molecular complexity index is 547. The summed E-state index contributed by atoms with van der Waals surface area (Å²) in [6.45, 7) is 4.39.